The highest BCUT2D eigenvalue weighted by molar-refractivity contribution is 5.97. The molecule has 0 radical (unpaired) electrons. The third-order valence-electron chi connectivity index (χ3n) is 5.03. The van der Waals surface area contributed by atoms with Gasteiger partial charge in [-0.25, -0.2) is 0 Å². The molecule has 0 unspecified atom stereocenters. The Morgan fingerprint density at radius 2 is 2.08 bits per heavy atom. The molecule has 2 aliphatic rings. The second kappa shape index (κ2) is 8.92. The number of benzene rings is 1. The molecule has 2 heterocycles. The van der Waals surface area contributed by atoms with Crippen molar-refractivity contribution in [3.05, 3.63) is 24.3 Å². The first-order valence-corrected chi connectivity index (χ1v) is 9.74. The van der Waals surface area contributed by atoms with Crippen molar-refractivity contribution in [3.63, 3.8) is 0 Å². The summed E-state index contributed by atoms with van der Waals surface area (Å²) >= 11 is 0. The zero-order valence-electron chi connectivity index (χ0n) is 15.9. The van der Waals surface area contributed by atoms with Gasteiger partial charge in [0.05, 0.1) is 5.69 Å². The smallest absolute Gasteiger partial charge is 0.265 e. The number of hydrogen-bond donors (Lipinski definition) is 1. The molecule has 1 N–H and O–H groups in total. The van der Waals surface area contributed by atoms with Crippen LogP contribution in [-0.4, -0.2) is 56.1 Å². The van der Waals surface area contributed by atoms with Crippen molar-refractivity contribution < 1.29 is 9.53 Å². The van der Waals surface area contributed by atoms with Crippen LogP contribution in [0.15, 0.2) is 29.3 Å². The van der Waals surface area contributed by atoms with Gasteiger partial charge in [0.1, 0.15) is 5.75 Å². The summed E-state index contributed by atoms with van der Waals surface area (Å²) in [6.45, 7) is 8.93. The second-order valence-electron chi connectivity index (χ2n) is 7.06. The third kappa shape index (κ3) is 4.48. The minimum absolute atomic E-state index is 0.0182. The van der Waals surface area contributed by atoms with Gasteiger partial charge in [-0.05, 0) is 44.2 Å². The van der Waals surface area contributed by atoms with E-state index < -0.39 is 0 Å². The van der Waals surface area contributed by atoms with Gasteiger partial charge in [0.15, 0.2) is 12.6 Å². The van der Waals surface area contributed by atoms with E-state index in [0.717, 1.165) is 49.4 Å². The molecular formula is C20H30N4O2. The molecule has 1 aromatic rings. The van der Waals surface area contributed by atoms with E-state index in [0.29, 0.717) is 13.1 Å². The van der Waals surface area contributed by atoms with Crippen LogP contribution in [0.5, 0.6) is 5.75 Å². The Bertz CT molecular complexity index is 638. The van der Waals surface area contributed by atoms with Crippen molar-refractivity contribution >= 4 is 17.6 Å². The van der Waals surface area contributed by atoms with Gasteiger partial charge in [-0.15, -0.1) is 0 Å². The van der Waals surface area contributed by atoms with Crippen molar-refractivity contribution in [3.8, 4) is 5.75 Å². The van der Waals surface area contributed by atoms with E-state index in [2.05, 4.69) is 24.1 Å². The number of nitrogens with one attached hydrogen (secondary N) is 1. The number of piperidine rings is 1. The monoisotopic (exact) mass is 358 g/mol. The molecule has 6 nitrogen and oxygen atoms in total. The Balaban J connectivity index is 1.56. The molecular weight excluding hydrogens is 328 g/mol. The maximum absolute atomic E-state index is 12.2. The van der Waals surface area contributed by atoms with Gasteiger partial charge in [-0.2, -0.15) is 0 Å². The molecule has 1 amide bonds. The fourth-order valence-electron chi connectivity index (χ4n) is 3.46. The number of likely N-dealkylation sites (tertiary alicyclic amines) is 1. The standard InChI is InChI=1S/C20H30N4O2/c1-3-21-20(23-13-9-16(2)10-14-23)22-11-6-12-24-17-7-4-5-8-18(17)26-15-19(24)25/h4-5,7-8,16H,3,6,9-15H2,1-2H3,(H,21,22). The maximum atomic E-state index is 12.2. The normalized spacial score (nSPS) is 18.5. The van der Waals surface area contributed by atoms with Crippen LogP contribution in [0.25, 0.3) is 0 Å². The van der Waals surface area contributed by atoms with Crippen molar-refractivity contribution in [1.82, 2.24) is 10.2 Å². The number of anilines is 1. The summed E-state index contributed by atoms with van der Waals surface area (Å²) in [5.74, 6) is 2.62. The summed E-state index contributed by atoms with van der Waals surface area (Å²) < 4.78 is 5.49. The summed E-state index contributed by atoms with van der Waals surface area (Å²) in [4.78, 5) is 21.2. The molecule has 6 heteroatoms. The molecule has 1 aromatic carbocycles. The lowest BCUT2D eigenvalue weighted by Crippen LogP contribution is -2.45. The number of carbonyl (C=O) groups is 1. The summed E-state index contributed by atoms with van der Waals surface area (Å²) in [5.41, 5.74) is 0.865. The van der Waals surface area contributed by atoms with Gasteiger partial charge in [0.2, 0.25) is 0 Å². The van der Waals surface area contributed by atoms with E-state index in [1.54, 1.807) is 0 Å². The summed E-state index contributed by atoms with van der Waals surface area (Å²) in [6, 6.07) is 7.72. The average Bonchev–Trinajstić information content (AvgIpc) is 2.66. The molecule has 0 aliphatic carbocycles. The number of ether oxygens (including phenoxy) is 1. The highest BCUT2D eigenvalue weighted by atomic mass is 16.5. The third-order valence-corrected chi connectivity index (χ3v) is 5.03. The quantitative estimate of drug-likeness (QED) is 0.499. The van der Waals surface area contributed by atoms with Gasteiger partial charge < -0.3 is 19.9 Å². The Labute approximate surface area is 156 Å². The minimum atomic E-state index is 0.0182. The molecule has 1 saturated heterocycles. The van der Waals surface area contributed by atoms with E-state index in [1.165, 1.54) is 12.8 Å². The van der Waals surface area contributed by atoms with Gasteiger partial charge in [0.25, 0.3) is 5.91 Å². The van der Waals surface area contributed by atoms with Gasteiger partial charge >= 0.3 is 0 Å². The zero-order chi connectivity index (χ0) is 18.4. The Kier molecular flexibility index (Phi) is 6.36. The number of nitrogens with zero attached hydrogens (tertiary/aromatic N) is 3. The first kappa shape index (κ1) is 18.5. The number of para-hydroxylation sites is 2. The molecule has 0 bridgehead atoms. The number of aliphatic imine (C=N–C) groups is 1. The molecule has 0 spiro atoms. The van der Waals surface area contributed by atoms with Crippen LogP contribution >= 0.6 is 0 Å². The number of rotatable bonds is 5. The molecule has 26 heavy (non-hydrogen) atoms. The van der Waals surface area contributed by atoms with Crippen molar-refractivity contribution in [2.75, 3.05) is 44.2 Å². The van der Waals surface area contributed by atoms with Crippen LogP contribution in [0.1, 0.15) is 33.1 Å². The lowest BCUT2D eigenvalue weighted by atomic mass is 10.00. The molecule has 2 aliphatic heterocycles. The van der Waals surface area contributed by atoms with E-state index in [4.69, 9.17) is 9.73 Å². The maximum Gasteiger partial charge on any atom is 0.265 e. The molecule has 3 rings (SSSR count). The van der Waals surface area contributed by atoms with E-state index in [9.17, 15) is 4.79 Å². The number of guanidine groups is 1. The lowest BCUT2D eigenvalue weighted by Gasteiger charge is -2.33. The number of hydrogen-bond acceptors (Lipinski definition) is 3. The Morgan fingerprint density at radius 1 is 1.31 bits per heavy atom. The van der Waals surface area contributed by atoms with Crippen molar-refractivity contribution in [2.45, 2.75) is 33.1 Å². The fourth-order valence-corrected chi connectivity index (χ4v) is 3.46. The fraction of sp³-hybridized carbons (Fsp3) is 0.600. The predicted octanol–water partition coefficient (Wildman–Crippen LogP) is 2.50. The SMILES string of the molecule is CCNC(=NCCCN1C(=O)COc2ccccc21)N1CCC(C)CC1. The second-order valence-corrected chi connectivity index (χ2v) is 7.06. The number of carbonyl (C=O) groups excluding carboxylic acids is 1. The molecule has 1 fully saturated rings. The zero-order valence-corrected chi connectivity index (χ0v) is 15.9. The van der Waals surface area contributed by atoms with Crippen LogP contribution in [-0.2, 0) is 4.79 Å². The Hall–Kier alpha value is -2.24. The molecule has 0 saturated carbocycles. The topological polar surface area (TPSA) is 57.2 Å². The molecule has 142 valence electrons. The molecule has 0 aromatic heterocycles. The highest BCUT2D eigenvalue weighted by Crippen LogP contribution is 2.31. The van der Waals surface area contributed by atoms with Gasteiger partial charge in [0, 0.05) is 32.7 Å². The minimum Gasteiger partial charge on any atom is -0.482 e. The van der Waals surface area contributed by atoms with E-state index in [1.807, 2.05) is 29.2 Å². The highest BCUT2D eigenvalue weighted by Gasteiger charge is 2.24. The van der Waals surface area contributed by atoms with Gasteiger partial charge in [-0.3, -0.25) is 9.79 Å². The first-order valence-electron chi connectivity index (χ1n) is 9.74. The van der Waals surface area contributed by atoms with Crippen LogP contribution in [0.4, 0.5) is 5.69 Å². The van der Waals surface area contributed by atoms with Crippen molar-refractivity contribution in [1.29, 1.82) is 0 Å². The first-order chi connectivity index (χ1) is 12.7. The lowest BCUT2D eigenvalue weighted by molar-refractivity contribution is -0.121. The summed E-state index contributed by atoms with van der Waals surface area (Å²) in [5, 5.41) is 3.41. The number of fused-ring (bicyclic) bond motifs is 1. The number of amides is 1. The van der Waals surface area contributed by atoms with E-state index in [-0.39, 0.29) is 12.5 Å². The predicted molar refractivity (Wildman–Crippen MR) is 105 cm³/mol. The summed E-state index contributed by atoms with van der Waals surface area (Å²) in [6.07, 6.45) is 3.28. The van der Waals surface area contributed by atoms with Crippen LogP contribution in [0.3, 0.4) is 0 Å². The van der Waals surface area contributed by atoms with E-state index >= 15 is 0 Å². The summed E-state index contributed by atoms with van der Waals surface area (Å²) in [7, 11) is 0. The largest absolute Gasteiger partial charge is 0.482 e. The van der Waals surface area contributed by atoms with Gasteiger partial charge in [-0.1, -0.05) is 19.1 Å². The average molecular weight is 358 g/mol. The molecule has 0 atom stereocenters. The Morgan fingerprint density at radius 3 is 2.85 bits per heavy atom. The van der Waals surface area contributed by atoms with Crippen LogP contribution in [0, 0.1) is 5.92 Å². The van der Waals surface area contributed by atoms with Crippen LogP contribution in [0.2, 0.25) is 0 Å². The van der Waals surface area contributed by atoms with Crippen LogP contribution < -0.4 is 15.0 Å². The van der Waals surface area contributed by atoms with Crippen molar-refractivity contribution in [2.24, 2.45) is 10.9 Å².